The van der Waals surface area contributed by atoms with E-state index in [1.54, 1.807) is 29.2 Å². The third-order valence-electron chi connectivity index (χ3n) is 5.02. The van der Waals surface area contributed by atoms with Crippen LogP contribution in [-0.4, -0.2) is 38.2 Å². The molecule has 0 saturated carbocycles. The van der Waals surface area contributed by atoms with E-state index in [4.69, 9.17) is 5.73 Å². The van der Waals surface area contributed by atoms with Gasteiger partial charge >= 0.3 is 0 Å². The molecule has 3 aromatic rings. The lowest BCUT2D eigenvalue weighted by Crippen LogP contribution is -2.40. The third-order valence-corrected chi connectivity index (χ3v) is 5.02. The molecule has 1 amide bonds. The van der Waals surface area contributed by atoms with Gasteiger partial charge in [0.25, 0.3) is 0 Å². The predicted octanol–water partition coefficient (Wildman–Crippen LogP) is 1.95. The normalized spacial score (nSPS) is 15.9. The van der Waals surface area contributed by atoms with Crippen molar-refractivity contribution in [3.05, 3.63) is 48.3 Å². The molecule has 1 aliphatic heterocycles. The van der Waals surface area contributed by atoms with Crippen molar-refractivity contribution in [2.75, 3.05) is 16.8 Å². The molecule has 1 aromatic carbocycles. The second kappa shape index (κ2) is 7.59. The molecule has 3 heterocycles. The van der Waals surface area contributed by atoms with Crippen LogP contribution in [0.4, 0.5) is 17.5 Å². The summed E-state index contributed by atoms with van der Waals surface area (Å²) < 4.78 is 1.68. The van der Waals surface area contributed by atoms with Crippen molar-refractivity contribution in [1.82, 2.24) is 19.7 Å². The van der Waals surface area contributed by atoms with Gasteiger partial charge in [-0.15, -0.1) is 0 Å². The summed E-state index contributed by atoms with van der Waals surface area (Å²) in [6, 6.07) is 11.0. The van der Waals surface area contributed by atoms with Gasteiger partial charge in [-0.3, -0.25) is 9.48 Å². The first-order valence-corrected chi connectivity index (χ1v) is 9.25. The number of aryl methyl sites for hydroxylation is 1. The number of hydrogen-bond acceptors (Lipinski definition) is 7. The minimum absolute atomic E-state index is 0.364. The molecule has 0 spiro atoms. The Morgan fingerprint density at radius 3 is 2.90 bits per heavy atom. The first kappa shape index (κ1) is 18.4. The summed E-state index contributed by atoms with van der Waals surface area (Å²) in [6.45, 7) is 0.702. The van der Waals surface area contributed by atoms with Gasteiger partial charge in [0.1, 0.15) is 17.9 Å². The molecule has 2 aromatic heterocycles. The minimum atomic E-state index is -0.373. The standard InChI is InChI=1S/C20H20N8O/c1-27-18(7-9-24-27)26-20-23-8-6-15(25-20)13-4-5-16(14(11-13)12-21)28-10-2-3-17(28)19(22)29/h4-9,11,17H,2-3,10H2,1H3,(H2,22,29)(H,23,25,26). The fraction of sp³-hybridized carbons (Fsp3) is 0.250. The first-order chi connectivity index (χ1) is 14.1. The van der Waals surface area contributed by atoms with E-state index in [-0.39, 0.29) is 11.9 Å². The number of anilines is 3. The molecule has 1 unspecified atom stereocenters. The zero-order valence-electron chi connectivity index (χ0n) is 15.9. The molecule has 9 nitrogen and oxygen atoms in total. The van der Waals surface area contributed by atoms with E-state index in [0.29, 0.717) is 30.2 Å². The van der Waals surface area contributed by atoms with Crippen molar-refractivity contribution < 1.29 is 4.79 Å². The number of nitrogens with zero attached hydrogens (tertiary/aromatic N) is 6. The maximum absolute atomic E-state index is 11.7. The Morgan fingerprint density at radius 2 is 2.17 bits per heavy atom. The molecule has 146 valence electrons. The quantitative estimate of drug-likeness (QED) is 0.684. The molecule has 1 atom stereocenters. The molecular weight excluding hydrogens is 368 g/mol. The summed E-state index contributed by atoms with van der Waals surface area (Å²) in [6.07, 6.45) is 4.92. The number of hydrogen-bond donors (Lipinski definition) is 2. The number of nitrogens with one attached hydrogen (secondary N) is 1. The van der Waals surface area contributed by atoms with E-state index in [0.717, 1.165) is 23.5 Å². The average molecular weight is 388 g/mol. The second-order valence-corrected chi connectivity index (χ2v) is 6.83. The van der Waals surface area contributed by atoms with Gasteiger partial charge in [-0.05, 0) is 31.0 Å². The molecule has 0 radical (unpaired) electrons. The molecule has 3 N–H and O–H groups in total. The molecule has 1 saturated heterocycles. The monoisotopic (exact) mass is 388 g/mol. The lowest BCUT2D eigenvalue weighted by atomic mass is 10.0. The van der Waals surface area contributed by atoms with Crippen LogP contribution >= 0.6 is 0 Å². The van der Waals surface area contributed by atoms with Crippen LogP contribution in [0.3, 0.4) is 0 Å². The van der Waals surface area contributed by atoms with Gasteiger partial charge in [-0.1, -0.05) is 6.07 Å². The van der Waals surface area contributed by atoms with Crippen molar-refractivity contribution in [2.24, 2.45) is 12.8 Å². The number of primary amides is 1. The lowest BCUT2D eigenvalue weighted by molar-refractivity contribution is -0.119. The van der Waals surface area contributed by atoms with Crippen LogP contribution in [0.2, 0.25) is 0 Å². The number of carbonyl (C=O) groups excluding carboxylic acids is 1. The Kier molecular flexibility index (Phi) is 4.83. The molecule has 0 aliphatic carbocycles. The van der Waals surface area contributed by atoms with Crippen molar-refractivity contribution in [3.63, 3.8) is 0 Å². The summed E-state index contributed by atoms with van der Waals surface area (Å²) in [5, 5.41) is 16.9. The summed E-state index contributed by atoms with van der Waals surface area (Å²) >= 11 is 0. The van der Waals surface area contributed by atoms with Crippen LogP contribution in [0.15, 0.2) is 42.7 Å². The fourth-order valence-corrected chi connectivity index (χ4v) is 3.58. The Bertz CT molecular complexity index is 1100. The number of aromatic nitrogens is 4. The minimum Gasteiger partial charge on any atom is -0.368 e. The SMILES string of the molecule is Cn1nccc1Nc1nccc(-c2ccc(N3CCCC3C(N)=O)c(C#N)c2)n1. The van der Waals surface area contributed by atoms with Crippen LogP contribution in [0.25, 0.3) is 11.3 Å². The topological polar surface area (TPSA) is 126 Å². The van der Waals surface area contributed by atoms with Crippen molar-refractivity contribution in [1.29, 1.82) is 5.26 Å². The van der Waals surface area contributed by atoms with Gasteiger partial charge in [0, 0.05) is 31.4 Å². The van der Waals surface area contributed by atoms with Crippen molar-refractivity contribution >= 4 is 23.4 Å². The fourth-order valence-electron chi connectivity index (χ4n) is 3.58. The molecule has 9 heteroatoms. The molecule has 4 rings (SSSR count). The largest absolute Gasteiger partial charge is 0.368 e. The van der Waals surface area contributed by atoms with E-state index in [9.17, 15) is 10.1 Å². The maximum Gasteiger partial charge on any atom is 0.240 e. The summed E-state index contributed by atoms with van der Waals surface area (Å²) in [4.78, 5) is 22.4. The van der Waals surface area contributed by atoms with Crippen molar-refractivity contribution in [2.45, 2.75) is 18.9 Å². The van der Waals surface area contributed by atoms with Gasteiger partial charge in [0.2, 0.25) is 11.9 Å². The third kappa shape index (κ3) is 3.60. The van der Waals surface area contributed by atoms with Crippen LogP contribution < -0.4 is 16.0 Å². The van der Waals surface area contributed by atoms with Crippen LogP contribution in [-0.2, 0) is 11.8 Å². The highest BCUT2D eigenvalue weighted by molar-refractivity contribution is 5.85. The first-order valence-electron chi connectivity index (χ1n) is 9.25. The number of nitrogens with two attached hydrogens (primary N) is 1. The molecule has 0 bridgehead atoms. The van der Waals surface area contributed by atoms with Crippen molar-refractivity contribution in [3.8, 4) is 17.3 Å². The van der Waals surface area contributed by atoms with Gasteiger partial charge in [-0.2, -0.15) is 10.4 Å². The van der Waals surface area contributed by atoms with Gasteiger partial charge in [0.05, 0.1) is 23.1 Å². The smallest absolute Gasteiger partial charge is 0.240 e. The van der Waals surface area contributed by atoms with Gasteiger partial charge in [-0.25, -0.2) is 9.97 Å². The highest BCUT2D eigenvalue weighted by atomic mass is 16.1. The predicted molar refractivity (Wildman–Crippen MR) is 108 cm³/mol. The Hall–Kier alpha value is -3.93. The van der Waals surface area contributed by atoms with Gasteiger partial charge < -0.3 is 16.0 Å². The molecular formula is C20H20N8O. The maximum atomic E-state index is 11.7. The van der Waals surface area contributed by atoms with E-state index in [1.165, 1.54) is 0 Å². The van der Waals surface area contributed by atoms with Crippen LogP contribution in [0, 0.1) is 11.3 Å². The Balaban J connectivity index is 1.65. The Labute approximate surface area is 167 Å². The second-order valence-electron chi connectivity index (χ2n) is 6.83. The average Bonchev–Trinajstić information content (AvgIpc) is 3.37. The summed E-state index contributed by atoms with van der Waals surface area (Å²) in [5.74, 6) is 0.834. The molecule has 29 heavy (non-hydrogen) atoms. The van der Waals surface area contributed by atoms with E-state index < -0.39 is 0 Å². The summed E-state index contributed by atoms with van der Waals surface area (Å²) in [5.41, 5.74) is 8.20. The number of rotatable bonds is 5. The highest BCUT2D eigenvalue weighted by Crippen LogP contribution is 2.31. The number of carbonyl (C=O) groups is 1. The van der Waals surface area contributed by atoms with E-state index in [2.05, 4.69) is 26.5 Å². The molecule has 1 aliphatic rings. The zero-order chi connectivity index (χ0) is 20.4. The highest BCUT2D eigenvalue weighted by Gasteiger charge is 2.30. The number of amides is 1. The van der Waals surface area contributed by atoms with Crippen LogP contribution in [0.1, 0.15) is 18.4 Å². The summed E-state index contributed by atoms with van der Waals surface area (Å²) in [7, 11) is 1.82. The Morgan fingerprint density at radius 1 is 1.31 bits per heavy atom. The lowest BCUT2D eigenvalue weighted by Gasteiger charge is -2.25. The number of benzene rings is 1. The number of nitriles is 1. The molecule has 1 fully saturated rings. The zero-order valence-corrected chi connectivity index (χ0v) is 15.9. The van der Waals surface area contributed by atoms with E-state index in [1.807, 2.05) is 30.1 Å². The van der Waals surface area contributed by atoms with Crippen LogP contribution in [0.5, 0.6) is 0 Å². The van der Waals surface area contributed by atoms with Gasteiger partial charge in [0.15, 0.2) is 0 Å². The van der Waals surface area contributed by atoms with E-state index >= 15 is 0 Å².